The number of hydrogen-bond acceptors (Lipinski definition) is 8. The molecule has 0 aliphatic carbocycles. The fourth-order valence-electron chi connectivity index (χ4n) is 3.22. The van der Waals surface area contributed by atoms with Gasteiger partial charge in [-0.15, -0.1) is 0 Å². The van der Waals surface area contributed by atoms with Crippen molar-refractivity contribution in [3.8, 4) is 5.95 Å². The van der Waals surface area contributed by atoms with Crippen molar-refractivity contribution in [1.29, 1.82) is 0 Å². The number of aromatic nitrogens is 6. The Balaban J connectivity index is 1.77. The fourth-order valence-corrected chi connectivity index (χ4v) is 4.36. The first kappa shape index (κ1) is 22.5. The van der Waals surface area contributed by atoms with Gasteiger partial charge in [-0.05, 0) is 32.4 Å². The lowest BCUT2D eigenvalue weighted by Crippen LogP contribution is -2.17. The van der Waals surface area contributed by atoms with Crippen LogP contribution in [0.1, 0.15) is 24.9 Å². The largest absolute Gasteiger partial charge is 0.333 e. The number of rotatable bonds is 7. The summed E-state index contributed by atoms with van der Waals surface area (Å²) in [6.45, 7) is 5.29. The molecular weight excluding hydrogens is 454 g/mol. The molecule has 172 valence electrons. The number of halogens is 2. The van der Waals surface area contributed by atoms with Gasteiger partial charge in [0, 0.05) is 6.20 Å². The molecule has 0 spiro atoms. The number of benzene rings is 1. The number of sulfonamides is 1. The van der Waals surface area contributed by atoms with Gasteiger partial charge in [0.25, 0.3) is 0 Å². The Kier molecular flexibility index (Phi) is 5.89. The van der Waals surface area contributed by atoms with Gasteiger partial charge < -0.3 is 5.32 Å². The third kappa shape index (κ3) is 4.58. The lowest BCUT2D eigenvalue weighted by Gasteiger charge is -2.14. The highest BCUT2D eigenvalue weighted by Gasteiger charge is 2.20. The maximum atomic E-state index is 15.1. The van der Waals surface area contributed by atoms with Gasteiger partial charge in [-0.3, -0.25) is 9.29 Å². The van der Waals surface area contributed by atoms with Crippen molar-refractivity contribution >= 4 is 38.2 Å². The van der Waals surface area contributed by atoms with E-state index in [1.807, 2.05) is 6.92 Å². The molecule has 4 rings (SSSR count). The maximum Gasteiger partial charge on any atom is 0.235 e. The summed E-state index contributed by atoms with van der Waals surface area (Å²) >= 11 is 0. The summed E-state index contributed by atoms with van der Waals surface area (Å²) in [5, 5.41) is 2.59. The zero-order chi connectivity index (χ0) is 23.8. The Bertz CT molecular complexity index is 1460. The summed E-state index contributed by atoms with van der Waals surface area (Å²) in [5.41, 5.74) is 0.354. The molecule has 0 saturated heterocycles. The molecule has 2 N–H and O–H groups in total. The number of hydrogen-bond donors (Lipinski definition) is 2. The van der Waals surface area contributed by atoms with E-state index in [-0.39, 0.29) is 28.7 Å². The highest BCUT2D eigenvalue weighted by atomic mass is 32.2. The fraction of sp³-hybridized carbons (Fsp3) is 0.250. The van der Waals surface area contributed by atoms with Crippen molar-refractivity contribution in [2.24, 2.45) is 0 Å². The van der Waals surface area contributed by atoms with E-state index in [0.717, 1.165) is 17.8 Å². The third-order valence-electron chi connectivity index (χ3n) is 4.66. The van der Waals surface area contributed by atoms with Crippen LogP contribution in [-0.2, 0) is 10.0 Å². The number of fused-ring (bicyclic) bond motifs is 1. The Hall–Kier alpha value is -3.74. The molecule has 0 amide bonds. The average molecular weight is 474 g/mol. The summed E-state index contributed by atoms with van der Waals surface area (Å²) < 4.78 is 57.5. The minimum atomic E-state index is -3.78. The molecule has 10 nitrogen and oxygen atoms in total. The maximum absolute atomic E-state index is 15.1. The number of nitrogens with zero attached hydrogens (tertiary/aromatic N) is 6. The second-order valence-electron chi connectivity index (χ2n) is 7.26. The predicted octanol–water partition coefficient (Wildman–Crippen LogP) is 3.40. The number of imidazole rings is 1. The van der Waals surface area contributed by atoms with Gasteiger partial charge >= 0.3 is 0 Å². The molecule has 0 fully saturated rings. The Labute approximate surface area is 188 Å². The van der Waals surface area contributed by atoms with Crippen LogP contribution in [0.15, 0.2) is 30.9 Å². The quantitative estimate of drug-likeness (QED) is 0.417. The van der Waals surface area contributed by atoms with E-state index in [1.54, 1.807) is 24.6 Å². The zero-order valence-electron chi connectivity index (χ0n) is 18.0. The van der Waals surface area contributed by atoms with Crippen LogP contribution in [-0.4, -0.2) is 43.7 Å². The van der Waals surface area contributed by atoms with E-state index in [9.17, 15) is 12.8 Å². The minimum absolute atomic E-state index is 0.0181. The van der Waals surface area contributed by atoms with Crippen LogP contribution in [0.4, 0.5) is 26.0 Å². The SMILES string of the molecule is CCCS(=O)(=O)Nc1ccc(F)c(Nc2ncnc3cnc(-n4cc(C)nc4C)nc23)c1F. The first-order valence-corrected chi connectivity index (χ1v) is 11.6. The Morgan fingerprint density at radius 1 is 1.09 bits per heavy atom. The van der Waals surface area contributed by atoms with Crippen molar-refractivity contribution in [3.63, 3.8) is 0 Å². The van der Waals surface area contributed by atoms with E-state index in [4.69, 9.17) is 0 Å². The Morgan fingerprint density at radius 2 is 1.88 bits per heavy atom. The molecule has 0 atom stereocenters. The molecule has 0 unspecified atom stereocenters. The highest BCUT2D eigenvalue weighted by molar-refractivity contribution is 7.92. The molecule has 0 radical (unpaired) electrons. The van der Waals surface area contributed by atoms with Gasteiger partial charge in [0.05, 0.1) is 23.3 Å². The topological polar surface area (TPSA) is 128 Å². The Morgan fingerprint density at radius 3 is 2.58 bits per heavy atom. The lowest BCUT2D eigenvalue weighted by molar-refractivity contribution is 0.588. The number of nitrogens with one attached hydrogen (secondary N) is 2. The van der Waals surface area contributed by atoms with Gasteiger partial charge in [-0.1, -0.05) is 6.92 Å². The van der Waals surface area contributed by atoms with Crippen LogP contribution in [0.2, 0.25) is 0 Å². The van der Waals surface area contributed by atoms with Crippen molar-refractivity contribution in [2.45, 2.75) is 27.2 Å². The van der Waals surface area contributed by atoms with E-state index in [0.29, 0.717) is 17.8 Å². The first-order valence-electron chi connectivity index (χ1n) is 9.94. The van der Waals surface area contributed by atoms with Crippen LogP contribution < -0.4 is 10.0 Å². The molecule has 0 bridgehead atoms. The number of anilines is 3. The molecule has 13 heteroatoms. The van der Waals surface area contributed by atoms with Crippen LogP contribution in [0.25, 0.3) is 17.0 Å². The van der Waals surface area contributed by atoms with Crippen LogP contribution in [0.5, 0.6) is 0 Å². The average Bonchev–Trinajstić information content (AvgIpc) is 3.10. The molecule has 0 saturated carbocycles. The highest BCUT2D eigenvalue weighted by Crippen LogP contribution is 2.30. The van der Waals surface area contributed by atoms with E-state index in [2.05, 4.69) is 35.0 Å². The van der Waals surface area contributed by atoms with Gasteiger partial charge in [0.1, 0.15) is 34.7 Å². The van der Waals surface area contributed by atoms with Crippen LogP contribution in [0.3, 0.4) is 0 Å². The van der Waals surface area contributed by atoms with Crippen molar-refractivity contribution < 1.29 is 17.2 Å². The summed E-state index contributed by atoms with van der Waals surface area (Å²) in [5.74, 6) is -1.30. The van der Waals surface area contributed by atoms with Gasteiger partial charge in [-0.25, -0.2) is 42.1 Å². The first-order chi connectivity index (χ1) is 15.7. The van der Waals surface area contributed by atoms with Crippen molar-refractivity contribution in [2.75, 3.05) is 15.8 Å². The van der Waals surface area contributed by atoms with Crippen LogP contribution >= 0.6 is 0 Å². The van der Waals surface area contributed by atoms with Gasteiger partial charge in [0.2, 0.25) is 16.0 Å². The van der Waals surface area contributed by atoms with Crippen LogP contribution in [0, 0.1) is 25.5 Å². The van der Waals surface area contributed by atoms with E-state index in [1.165, 1.54) is 12.5 Å². The number of aryl methyl sites for hydroxylation is 2. The van der Waals surface area contributed by atoms with Crippen molar-refractivity contribution in [3.05, 3.63) is 54.0 Å². The summed E-state index contributed by atoms with van der Waals surface area (Å²) in [4.78, 5) is 21.2. The molecular formula is C20H20F2N8O2S. The zero-order valence-corrected chi connectivity index (χ0v) is 18.8. The molecule has 3 heterocycles. The second kappa shape index (κ2) is 8.65. The molecule has 1 aromatic carbocycles. The molecule has 4 aromatic rings. The summed E-state index contributed by atoms with van der Waals surface area (Å²) in [6.07, 6.45) is 4.75. The standard InChI is InChI=1S/C20H20F2N8O2S/c1-4-7-33(31,32)29-14-6-5-13(21)17(16(14)22)27-19-18-15(24-10-25-19)8-23-20(28-18)30-9-11(2)26-12(30)3/h5-6,8-10,29H,4,7H2,1-3H3,(H,24,25,27). The van der Waals surface area contributed by atoms with E-state index < -0.39 is 27.3 Å². The monoisotopic (exact) mass is 474 g/mol. The van der Waals surface area contributed by atoms with E-state index >= 15 is 4.39 Å². The molecule has 3 aromatic heterocycles. The van der Waals surface area contributed by atoms with Crippen molar-refractivity contribution in [1.82, 2.24) is 29.5 Å². The smallest absolute Gasteiger partial charge is 0.235 e. The molecule has 33 heavy (non-hydrogen) atoms. The minimum Gasteiger partial charge on any atom is -0.333 e. The molecule has 0 aliphatic heterocycles. The normalized spacial score (nSPS) is 11.7. The summed E-state index contributed by atoms with van der Waals surface area (Å²) in [6, 6.07) is 1.97. The predicted molar refractivity (Wildman–Crippen MR) is 119 cm³/mol. The third-order valence-corrected chi connectivity index (χ3v) is 6.13. The van der Waals surface area contributed by atoms with Gasteiger partial charge in [0.15, 0.2) is 11.6 Å². The van der Waals surface area contributed by atoms with Gasteiger partial charge in [-0.2, -0.15) is 0 Å². The lowest BCUT2D eigenvalue weighted by atomic mass is 10.2. The summed E-state index contributed by atoms with van der Waals surface area (Å²) in [7, 11) is -3.78. The second-order valence-corrected chi connectivity index (χ2v) is 9.10. The molecule has 0 aliphatic rings.